The summed E-state index contributed by atoms with van der Waals surface area (Å²) < 4.78 is 5.42. The lowest BCUT2D eigenvalue weighted by atomic mass is 10.2. The summed E-state index contributed by atoms with van der Waals surface area (Å²) in [7, 11) is 0. The molecule has 0 spiro atoms. The lowest BCUT2D eigenvalue weighted by Crippen LogP contribution is -2.36. The van der Waals surface area contributed by atoms with Crippen LogP contribution in [-0.4, -0.2) is 17.4 Å². The van der Waals surface area contributed by atoms with Gasteiger partial charge >= 0.3 is 0 Å². The molecule has 4 nitrogen and oxygen atoms in total. The molecule has 1 amide bonds. The summed E-state index contributed by atoms with van der Waals surface area (Å²) in [4.78, 5) is 15.6. The Morgan fingerprint density at radius 2 is 1.96 bits per heavy atom. The molecule has 3 rings (SSSR count). The highest BCUT2D eigenvalue weighted by Crippen LogP contribution is 2.15. The summed E-state index contributed by atoms with van der Waals surface area (Å²) in [6.07, 6.45) is 1.65. The first-order valence-corrected chi connectivity index (χ1v) is 9.23. The van der Waals surface area contributed by atoms with Gasteiger partial charge in [-0.3, -0.25) is 9.69 Å². The summed E-state index contributed by atoms with van der Waals surface area (Å²) in [5, 5.41) is 5.69. The monoisotopic (exact) mass is 374 g/mol. The van der Waals surface area contributed by atoms with Crippen LogP contribution >= 0.6 is 22.9 Å². The van der Waals surface area contributed by atoms with Gasteiger partial charge in [0, 0.05) is 23.0 Å². The van der Waals surface area contributed by atoms with Crippen LogP contribution in [0.5, 0.6) is 0 Å². The van der Waals surface area contributed by atoms with Gasteiger partial charge in [-0.15, -0.1) is 11.3 Å². The zero-order valence-electron chi connectivity index (χ0n) is 13.7. The molecule has 2 aromatic heterocycles. The number of thiophene rings is 1. The SMILES string of the molecule is O=C(CN(Cc1ccco1)Cc1cccs1)NCc1ccc(Cl)cc1. The molecule has 0 unspecified atom stereocenters. The molecule has 0 saturated heterocycles. The number of nitrogens with zero attached hydrogens (tertiary/aromatic N) is 1. The Labute approximate surface area is 156 Å². The molecular weight excluding hydrogens is 356 g/mol. The Hall–Kier alpha value is -2.08. The third-order valence-electron chi connectivity index (χ3n) is 3.69. The molecule has 0 saturated carbocycles. The largest absolute Gasteiger partial charge is 0.468 e. The Bertz CT molecular complexity index is 734. The molecule has 130 valence electrons. The van der Waals surface area contributed by atoms with Gasteiger partial charge in [0.25, 0.3) is 0 Å². The van der Waals surface area contributed by atoms with Crippen LogP contribution in [0.1, 0.15) is 16.2 Å². The van der Waals surface area contributed by atoms with Gasteiger partial charge in [-0.05, 0) is 41.3 Å². The van der Waals surface area contributed by atoms with Gasteiger partial charge in [0.1, 0.15) is 5.76 Å². The molecule has 0 radical (unpaired) electrons. The van der Waals surface area contributed by atoms with Crippen molar-refractivity contribution in [1.82, 2.24) is 10.2 Å². The van der Waals surface area contributed by atoms with E-state index in [4.69, 9.17) is 16.0 Å². The summed E-state index contributed by atoms with van der Waals surface area (Å²) in [5.41, 5.74) is 1.02. The van der Waals surface area contributed by atoms with Crippen molar-refractivity contribution in [3.63, 3.8) is 0 Å². The van der Waals surface area contributed by atoms with Crippen LogP contribution < -0.4 is 5.32 Å². The number of benzene rings is 1. The first kappa shape index (κ1) is 17.7. The smallest absolute Gasteiger partial charge is 0.234 e. The second kappa shape index (κ2) is 8.85. The average molecular weight is 375 g/mol. The molecule has 6 heteroatoms. The van der Waals surface area contributed by atoms with Gasteiger partial charge in [0.15, 0.2) is 0 Å². The third kappa shape index (κ3) is 5.74. The van der Waals surface area contributed by atoms with Gasteiger partial charge in [0.05, 0.1) is 19.4 Å². The van der Waals surface area contributed by atoms with E-state index in [-0.39, 0.29) is 5.91 Å². The molecule has 3 aromatic rings. The minimum atomic E-state index is -0.0157. The minimum absolute atomic E-state index is 0.0157. The Morgan fingerprint density at radius 1 is 1.12 bits per heavy atom. The van der Waals surface area contributed by atoms with Crippen LogP contribution in [0.25, 0.3) is 0 Å². The van der Waals surface area contributed by atoms with Crippen LogP contribution in [0, 0.1) is 0 Å². The molecule has 0 aliphatic carbocycles. The van der Waals surface area contributed by atoms with Crippen molar-refractivity contribution in [3.05, 3.63) is 81.4 Å². The van der Waals surface area contributed by atoms with Crippen molar-refractivity contribution < 1.29 is 9.21 Å². The van der Waals surface area contributed by atoms with Crippen molar-refractivity contribution in [3.8, 4) is 0 Å². The summed E-state index contributed by atoms with van der Waals surface area (Å²) in [6.45, 7) is 2.11. The van der Waals surface area contributed by atoms with Crippen LogP contribution in [0.4, 0.5) is 0 Å². The fourth-order valence-corrected chi connectivity index (χ4v) is 3.35. The minimum Gasteiger partial charge on any atom is -0.468 e. The van der Waals surface area contributed by atoms with Crippen LogP contribution in [-0.2, 0) is 24.4 Å². The average Bonchev–Trinajstić information content (AvgIpc) is 3.28. The molecule has 1 N–H and O–H groups in total. The van der Waals surface area contributed by atoms with E-state index in [2.05, 4.69) is 16.3 Å². The molecular formula is C19H19ClN2O2S. The normalized spacial score (nSPS) is 11.0. The highest BCUT2D eigenvalue weighted by Gasteiger charge is 2.14. The van der Waals surface area contributed by atoms with Crippen molar-refractivity contribution in [1.29, 1.82) is 0 Å². The highest BCUT2D eigenvalue weighted by molar-refractivity contribution is 7.09. The second-order valence-electron chi connectivity index (χ2n) is 5.71. The van der Waals surface area contributed by atoms with E-state index >= 15 is 0 Å². The Kier molecular flexibility index (Phi) is 6.28. The van der Waals surface area contributed by atoms with E-state index in [0.717, 1.165) is 11.3 Å². The summed E-state index contributed by atoms with van der Waals surface area (Å²) >= 11 is 7.56. The van der Waals surface area contributed by atoms with Crippen molar-refractivity contribution >= 4 is 28.8 Å². The lowest BCUT2D eigenvalue weighted by Gasteiger charge is -2.20. The number of hydrogen-bond donors (Lipinski definition) is 1. The predicted octanol–water partition coefficient (Wildman–Crippen LogP) is 4.31. The lowest BCUT2D eigenvalue weighted by molar-refractivity contribution is -0.122. The zero-order valence-corrected chi connectivity index (χ0v) is 15.2. The maximum Gasteiger partial charge on any atom is 0.234 e. The number of carbonyl (C=O) groups excluding carboxylic acids is 1. The Balaban J connectivity index is 1.56. The fourth-order valence-electron chi connectivity index (χ4n) is 2.48. The van der Waals surface area contributed by atoms with E-state index < -0.39 is 0 Å². The second-order valence-corrected chi connectivity index (χ2v) is 7.18. The highest BCUT2D eigenvalue weighted by atomic mass is 35.5. The topological polar surface area (TPSA) is 45.5 Å². The third-order valence-corrected chi connectivity index (χ3v) is 4.80. The summed E-state index contributed by atoms with van der Waals surface area (Å²) in [5.74, 6) is 0.833. The molecule has 1 aromatic carbocycles. The van der Waals surface area contributed by atoms with E-state index in [1.165, 1.54) is 4.88 Å². The number of halogens is 1. The standard InChI is InChI=1S/C19H19ClN2O2S/c20-16-7-5-15(6-8-16)11-21-19(23)14-22(12-17-3-1-9-24-17)13-18-4-2-10-25-18/h1-10H,11-14H2,(H,21,23). The number of amides is 1. The van der Waals surface area contributed by atoms with Crippen molar-refractivity contribution in [2.75, 3.05) is 6.54 Å². The van der Waals surface area contributed by atoms with Gasteiger partial charge in [0.2, 0.25) is 5.91 Å². The molecule has 0 atom stereocenters. The number of furan rings is 1. The molecule has 0 fully saturated rings. The van der Waals surface area contributed by atoms with Crippen LogP contribution in [0.2, 0.25) is 5.02 Å². The van der Waals surface area contributed by atoms with Crippen molar-refractivity contribution in [2.24, 2.45) is 0 Å². The molecule has 2 heterocycles. The summed E-state index contributed by atoms with van der Waals surface area (Å²) in [6, 6.07) is 15.3. The van der Waals surface area contributed by atoms with Gasteiger partial charge < -0.3 is 9.73 Å². The number of rotatable bonds is 8. The zero-order chi connectivity index (χ0) is 17.5. The van der Waals surface area contributed by atoms with E-state index in [1.54, 1.807) is 17.6 Å². The van der Waals surface area contributed by atoms with Gasteiger partial charge in [-0.25, -0.2) is 0 Å². The van der Waals surface area contributed by atoms with E-state index in [0.29, 0.717) is 31.2 Å². The van der Waals surface area contributed by atoms with Gasteiger partial charge in [-0.2, -0.15) is 0 Å². The van der Waals surface area contributed by atoms with Crippen molar-refractivity contribution in [2.45, 2.75) is 19.6 Å². The maximum atomic E-state index is 12.3. The number of hydrogen-bond acceptors (Lipinski definition) is 4. The predicted molar refractivity (Wildman–Crippen MR) is 100 cm³/mol. The number of carbonyl (C=O) groups is 1. The molecule has 0 aliphatic rings. The maximum absolute atomic E-state index is 12.3. The van der Waals surface area contributed by atoms with Crippen LogP contribution in [0.15, 0.2) is 64.6 Å². The molecule has 0 aliphatic heterocycles. The van der Waals surface area contributed by atoms with E-state index in [9.17, 15) is 4.79 Å². The molecule has 0 bridgehead atoms. The first-order chi connectivity index (χ1) is 12.2. The molecule has 25 heavy (non-hydrogen) atoms. The fraction of sp³-hybridized carbons (Fsp3) is 0.211. The van der Waals surface area contributed by atoms with Gasteiger partial charge in [-0.1, -0.05) is 29.8 Å². The number of nitrogens with one attached hydrogen (secondary N) is 1. The Morgan fingerprint density at radius 3 is 2.64 bits per heavy atom. The van der Waals surface area contributed by atoms with E-state index in [1.807, 2.05) is 47.8 Å². The first-order valence-electron chi connectivity index (χ1n) is 7.97. The van der Waals surface area contributed by atoms with Crippen LogP contribution in [0.3, 0.4) is 0 Å². The quantitative estimate of drug-likeness (QED) is 0.639.